The van der Waals surface area contributed by atoms with Gasteiger partial charge in [0.05, 0.1) is 0 Å². The number of rotatable bonds is 0. The van der Waals surface area contributed by atoms with Crippen molar-refractivity contribution >= 4 is 0 Å². The van der Waals surface area contributed by atoms with Crippen molar-refractivity contribution in [2.45, 2.75) is 6.42 Å². The van der Waals surface area contributed by atoms with Crippen molar-refractivity contribution in [1.82, 2.24) is 10.6 Å². The zero-order valence-corrected chi connectivity index (χ0v) is 4.78. The Morgan fingerprint density at radius 3 is 3.50 bits per heavy atom. The number of hydrogen-bond acceptors (Lipinski definition) is 2. The maximum Gasteiger partial charge on any atom is 0.0316 e. The summed E-state index contributed by atoms with van der Waals surface area (Å²) in [6.45, 7) is 2.33. The molecule has 0 aromatic rings. The van der Waals surface area contributed by atoms with E-state index in [0.29, 0.717) is 0 Å². The molecule has 2 aliphatic rings. The highest BCUT2D eigenvalue weighted by atomic mass is 15.0. The van der Waals surface area contributed by atoms with Crippen LogP contribution in [-0.2, 0) is 0 Å². The zero-order chi connectivity index (χ0) is 5.40. The lowest BCUT2D eigenvalue weighted by Crippen LogP contribution is -2.07. The van der Waals surface area contributed by atoms with E-state index in [9.17, 15) is 0 Å². The molecule has 2 aliphatic heterocycles. The molecule has 0 amide bonds. The summed E-state index contributed by atoms with van der Waals surface area (Å²) in [5, 5.41) is 6.52. The molecule has 0 saturated carbocycles. The highest BCUT2D eigenvalue weighted by molar-refractivity contribution is 5.13. The second-order valence-corrected chi connectivity index (χ2v) is 2.42. The Kier molecular flexibility index (Phi) is 0.745. The van der Waals surface area contributed by atoms with E-state index >= 15 is 0 Å². The summed E-state index contributed by atoms with van der Waals surface area (Å²) in [4.78, 5) is 0. The summed E-state index contributed by atoms with van der Waals surface area (Å²) in [6, 6.07) is 0. The first-order valence-corrected chi connectivity index (χ1v) is 3.14. The summed E-state index contributed by atoms with van der Waals surface area (Å²) in [5.41, 5.74) is 1.42. The normalized spacial score (nSPS) is 33.0. The molecule has 0 bridgehead atoms. The van der Waals surface area contributed by atoms with Gasteiger partial charge in [0.15, 0.2) is 0 Å². The quantitative estimate of drug-likeness (QED) is 0.460. The third kappa shape index (κ3) is 0.427. The molecule has 0 unspecified atom stereocenters. The average molecular weight is 110 g/mol. The lowest BCUT2D eigenvalue weighted by molar-refractivity contribution is 0.647. The first-order valence-electron chi connectivity index (χ1n) is 3.14. The fourth-order valence-corrected chi connectivity index (χ4v) is 1.38. The van der Waals surface area contributed by atoms with Gasteiger partial charge in [-0.1, -0.05) is 0 Å². The van der Waals surface area contributed by atoms with E-state index in [0.717, 1.165) is 12.5 Å². The van der Waals surface area contributed by atoms with Gasteiger partial charge < -0.3 is 10.6 Å². The Labute approximate surface area is 49.0 Å². The minimum atomic E-state index is 0.815. The molecule has 1 atom stereocenters. The largest absolute Gasteiger partial charge is 0.389 e. The van der Waals surface area contributed by atoms with Gasteiger partial charge >= 0.3 is 0 Å². The van der Waals surface area contributed by atoms with Crippen molar-refractivity contribution in [3.8, 4) is 0 Å². The molecule has 2 heterocycles. The molecule has 2 rings (SSSR count). The highest BCUT2D eigenvalue weighted by Gasteiger charge is 2.23. The standard InChI is InChI=1S/C6H10N2/c1-2-8-6-4-7-3-5(1)6/h4-5,7-8H,1-3H2/t5-/m0/s1. The second-order valence-electron chi connectivity index (χ2n) is 2.42. The van der Waals surface area contributed by atoms with E-state index < -0.39 is 0 Å². The summed E-state index contributed by atoms with van der Waals surface area (Å²) < 4.78 is 0. The Morgan fingerprint density at radius 1 is 1.62 bits per heavy atom. The van der Waals surface area contributed by atoms with Gasteiger partial charge in [-0.25, -0.2) is 0 Å². The molecule has 2 nitrogen and oxygen atoms in total. The molecule has 0 aromatic heterocycles. The van der Waals surface area contributed by atoms with E-state index in [4.69, 9.17) is 0 Å². The van der Waals surface area contributed by atoms with Gasteiger partial charge in [0.1, 0.15) is 0 Å². The maximum absolute atomic E-state index is 3.32. The van der Waals surface area contributed by atoms with Crippen LogP contribution in [0.2, 0.25) is 0 Å². The molecule has 0 radical (unpaired) electrons. The van der Waals surface area contributed by atoms with Gasteiger partial charge in [0.2, 0.25) is 0 Å². The number of nitrogens with one attached hydrogen (secondary N) is 2. The molecule has 1 saturated heterocycles. The Hall–Kier alpha value is -0.660. The summed E-state index contributed by atoms with van der Waals surface area (Å²) in [6.07, 6.45) is 3.41. The van der Waals surface area contributed by atoms with Crippen LogP contribution in [0, 0.1) is 5.92 Å². The van der Waals surface area contributed by atoms with Crippen LogP contribution in [0.1, 0.15) is 6.42 Å². The van der Waals surface area contributed by atoms with E-state index in [1.807, 2.05) is 0 Å². The van der Waals surface area contributed by atoms with Crippen LogP contribution in [-0.4, -0.2) is 13.1 Å². The van der Waals surface area contributed by atoms with Crippen LogP contribution < -0.4 is 10.6 Å². The van der Waals surface area contributed by atoms with Crippen LogP contribution in [0.4, 0.5) is 0 Å². The first-order chi connectivity index (χ1) is 3.97. The summed E-state index contributed by atoms with van der Waals surface area (Å²) in [5.74, 6) is 0.815. The monoisotopic (exact) mass is 110 g/mol. The third-order valence-corrected chi connectivity index (χ3v) is 1.88. The lowest BCUT2D eigenvalue weighted by atomic mass is 10.1. The van der Waals surface area contributed by atoms with Crippen LogP contribution in [0.3, 0.4) is 0 Å². The van der Waals surface area contributed by atoms with Crippen molar-refractivity contribution in [1.29, 1.82) is 0 Å². The molecule has 0 spiro atoms. The molecule has 2 heteroatoms. The Bertz CT molecular complexity index is 128. The van der Waals surface area contributed by atoms with Crippen molar-refractivity contribution < 1.29 is 0 Å². The Morgan fingerprint density at radius 2 is 2.62 bits per heavy atom. The Balaban J connectivity index is 2.20. The minimum Gasteiger partial charge on any atom is -0.389 e. The first kappa shape index (κ1) is 4.24. The van der Waals surface area contributed by atoms with Crippen molar-refractivity contribution in [2.75, 3.05) is 13.1 Å². The highest BCUT2D eigenvalue weighted by Crippen LogP contribution is 2.20. The topological polar surface area (TPSA) is 24.1 Å². The van der Waals surface area contributed by atoms with Crippen molar-refractivity contribution in [2.24, 2.45) is 5.92 Å². The van der Waals surface area contributed by atoms with Gasteiger partial charge in [-0.15, -0.1) is 0 Å². The molecule has 8 heavy (non-hydrogen) atoms. The van der Waals surface area contributed by atoms with Gasteiger partial charge in [0.25, 0.3) is 0 Å². The molecule has 44 valence electrons. The van der Waals surface area contributed by atoms with E-state index in [2.05, 4.69) is 16.8 Å². The average Bonchev–Trinajstić information content (AvgIpc) is 2.15. The molecular formula is C6H10N2. The van der Waals surface area contributed by atoms with Crippen LogP contribution >= 0.6 is 0 Å². The van der Waals surface area contributed by atoms with E-state index in [1.54, 1.807) is 0 Å². The number of hydrogen-bond donors (Lipinski definition) is 2. The van der Waals surface area contributed by atoms with Gasteiger partial charge in [0, 0.05) is 30.9 Å². The smallest absolute Gasteiger partial charge is 0.0316 e. The van der Waals surface area contributed by atoms with Crippen LogP contribution in [0.25, 0.3) is 0 Å². The predicted molar refractivity (Wildman–Crippen MR) is 32.2 cm³/mol. The van der Waals surface area contributed by atoms with Crippen molar-refractivity contribution in [3.05, 3.63) is 11.9 Å². The summed E-state index contributed by atoms with van der Waals surface area (Å²) >= 11 is 0. The third-order valence-electron chi connectivity index (χ3n) is 1.88. The molecule has 0 aromatic carbocycles. The van der Waals surface area contributed by atoms with Crippen molar-refractivity contribution in [3.63, 3.8) is 0 Å². The molecule has 1 fully saturated rings. The van der Waals surface area contributed by atoms with Crippen LogP contribution in [0.15, 0.2) is 11.9 Å². The fourth-order valence-electron chi connectivity index (χ4n) is 1.38. The van der Waals surface area contributed by atoms with Gasteiger partial charge in [-0.2, -0.15) is 0 Å². The molecule has 2 N–H and O–H groups in total. The maximum atomic E-state index is 3.32. The SMILES string of the molecule is C1=C2NCC[C@H]2CN1. The second kappa shape index (κ2) is 1.41. The molecule has 0 aliphatic carbocycles. The molecular weight excluding hydrogens is 100 g/mol. The summed E-state index contributed by atoms with van der Waals surface area (Å²) in [7, 11) is 0. The lowest BCUT2D eigenvalue weighted by Gasteiger charge is -1.97. The van der Waals surface area contributed by atoms with Gasteiger partial charge in [-0.05, 0) is 6.42 Å². The zero-order valence-electron chi connectivity index (χ0n) is 4.78. The van der Waals surface area contributed by atoms with E-state index in [-0.39, 0.29) is 0 Å². The predicted octanol–water partition coefficient (Wildman–Crippen LogP) is 0.0405. The fraction of sp³-hybridized carbons (Fsp3) is 0.667. The minimum absolute atomic E-state index is 0.815. The van der Waals surface area contributed by atoms with Crippen LogP contribution in [0.5, 0.6) is 0 Å². The van der Waals surface area contributed by atoms with E-state index in [1.165, 1.54) is 18.7 Å². The van der Waals surface area contributed by atoms with Gasteiger partial charge in [-0.3, -0.25) is 0 Å². The number of fused-ring (bicyclic) bond motifs is 1.